The molecule has 2 aliphatic rings. The highest BCUT2D eigenvalue weighted by Crippen LogP contribution is 2.29. The zero-order chi connectivity index (χ0) is 22.8. The van der Waals surface area contributed by atoms with Gasteiger partial charge in [0, 0.05) is 36.8 Å². The second-order valence-corrected chi connectivity index (χ2v) is 8.59. The van der Waals surface area contributed by atoms with Crippen molar-refractivity contribution in [2.75, 3.05) is 19.6 Å². The molecule has 166 valence electrons. The number of carbonyl (C=O) groups excluding carboxylic acids is 2. The topological polar surface area (TPSA) is 103 Å². The number of esters is 1. The first-order valence-corrected chi connectivity index (χ1v) is 10.9. The number of rotatable bonds is 5. The first-order valence-electron chi connectivity index (χ1n) is 10.9. The zero-order valence-corrected chi connectivity index (χ0v) is 18.4. The molecule has 2 aromatic rings. The molecule has 4 rings (SSSR count). The van der Waals surface area contributed by atoms with Gasteiger partial charge < -0.3 is 20.1 Å². The molecule has 0 saturated carbocycles. The fourth-order valence-electron chi connectivity index (χ4n) is 4.53. The highest BCUT2D eigenvalue weighted by atomic mass is 16.5. The zero-order valence-electron chi connectivity index (χ0n) is 18.4. The molecule has 0 aliphatic carbocycles. The van der Waals surface area contributed by atoms with Gasteiger partial charge in [-0.15, -0.1) is 0 Å². The van der Waals surface area contributed by atoms with Crippen LogP contribution in [-0.2, 0) is 11.3 Å². The Morgan fingerprint density at radius 2 is 2.03 bits per heavy atom. The van der Waals surface area contributed by atoms with E-state index in [4.69, 9.17) is 10.00 Å². The summed E-state index contributed by atoms with van der Waals surface area (Å²) in [5.74, 6) is -0.425. The van der Waals surface area contributed by atoms with Crippen LogP contribution in [-0.4, -0.2) is 47.6 Å². The van der Waals surface area contributed by atoms with Gasteiger partial charge in [0.25, 0.3) is 5.91 Å². The molecule has 2 aromatic carbocycles. The van der Waals surface area contributed by atoms with Crippen LogP contribution in [0.2, 0.25) is 0 Å². The monoisotopic (exact) mass is 433 g/mol. The molecular weight excluding hydrogens is 406 g/mol. The van der Waals surface area contributed by atoms with Gasteiger partial charge >= 0.3 is 5.97 Å². The quantitative estimate of drug-likeness (QED) is 0.703. The molecule has 0 radical (unpaired) electrons. The molecule has 7 heteroatoms. The SMILES string of the molecule is Cc1cc(C(=O)NC2CCN(C[C@H](O)c3ccc4c(c3C)COC4=O)CC2)ccc1C#N. The van der Waals surface area contributed by atoms with Crippen molar-refractivity contribution in [3.8, 4) is 6.07 Å². The second-order valence-electron chi connectivity index (χ2n) is 8.59. The lowest BCUT2D eigenvalue weighted by Crippen LogP contribution is -2.45. The van der Waals surface area contributed by atoms with Crippen LogP contribution in [0.1, 0.15) is 67.5 Å². The van der Waals surface area contributed by atoms with Gasteiger partial charge in [0.15, 0.2) is 0 Å². The number of aryl methyl sites for hydroxylation is 1. The van der Waals surface area contributed by atoms with E-state index >= 15 is 0 Å². The lowest BCUT2D eigenvalue weighted by atomic mass is 9.94. The predicted molar refractivity (Wildman–Crippen MR) is 118 cm³/mol. The van der Waals surface area contributed by atoms with E-state index in [-0.39, 0.29) is 24.5 Å². The highest BCUT2D eigenvalue weighted by Gasteiger charge is 2.27. The van der Waals surface area contributed by atoms with E-state index < -0.39 is 6.10 Å². The summed E-state index contributed by atoms with van der Waals surface area (Å²) in [5.41, 5.74) is 5.13. The predicted octanol–water partition coefficient (Wildman–Crippen LogP) is 2.77. The number of nitrogens with zero attached hydrogens (tertiary/aromatic N) is 2. The van der Waals surface area contributed by atoms with Crippen LogP contribution in [0.5, 0.6) is 0 Å². The third-order valence-corrected chi connectivity index (χ3v) is 6.53. The maximum absolute atomic E-state index is 12.6. The Kier molecular flexibility index (Phi) is 6.26. The van der Waals surface area contributed by atoms with E-state index in [9.17, 15) is 14.7 Å². The number of nitrogens with one attached hydrogen (secondary N) is 1. The van der Waals surface area contributed by atoms with Crippen molar-refractivity contribution in [3.05, 3.63) is 69.3 Å². The number of hydrogen-bond donors (Lipinski definition) is 2. The van der Waals surface area contributed by atoms with Gasteiger partial charge in [-0.2, -0.15) is 5.26 Å². The fourth-order valence-corrected chi connectivity index (χ4v) is 4.53. The van der Waals surface area contributed by atoms with Crippen molar-refractivity contribution in [3.63, 3.8) is 0 Å². The number of β-amino-alcohol motifs (C(OH)–C–C–N with tert-alkyl or cyclic N) is 1. The molecule has 0 unspecified atom stereocenters. The van der Waals surface area contributed by atoms with E-state index in [1.807, 2.05) is 19.9 Å². The van der Waals surface area contributed by atoms with Gasteiger partial charge in [0.05, 0.1) is 23.3 Å². The van der Waals surface area contributed by atoms with Crippen molar-refractivity contribution in [1.82, 2.24) is 10.2 Å². The number of aliphatic hydroxyl groups excluding tert-OH is 1. The maximum atomic E-state index is 12.6. The first-order chi connectivity index (χ1) is 15.4. The van der Waals surface area contributed by atoms with E-state index in [0.29, 0.717) is 23.2 Å². The van der Waals surface area contributed by atoms with Crippen molar-refractivity contribution in [2.45, 2.75) is 45.4 Å². The van der Waals surface area contributed by atoms with Gasteiger partial charge in [0.2, 0.25) is 0 Å². The Labute approximate surface area is 187 Å². The molecule has 0 spiro atoms. The van der Waals surface area contributed by atoms with Crippen molar-refractivity contribution in [1.29, 1.82) is 5.26 Å². The van der Waals surface area contributed by atoms with Crippen LogP contribution < -0.4 is 5.32 Å². The minimum absolute atomic E-state index is 0.0803. The number of likely N-dealkylation sites (tertiary alicyclic amines) is 1. The summed E-state index contributed by atoms with van der Waals surface area (Å²) in [6.07, 6.45) is 0.960. The maximum Gasteiger partial charge on any atom is 0.338 e. The van der Waals surface area contributed by atoms with Crippen LogP contribution in [0, 0.1) is 25.2 Å². The Balaban J connectivity index is 1.31. The van der Waals surface area contributed by atoms with Crippen molar-refractivity contribution < 1.29 is 19.4 Å². The third kappa shape index (κ3) is 4.38. The van der Waals surface area contributed by atoms with Gasteiger partial charge in [-0.3, -0.25) is 4.79 Å². The fraction of sp³-hybridized carbons (Fsp3) is 0.400. The van der Waals surface area contributed by atoms with Crippen LogP contribution in [0.15, 0.2) is 30.3 Å². The molecule has 1 fully saturated rings. The lowest BCUT2D eigenvalue weighted by Gasteiger charge is -2.33. The molecule has 2 N–H and O–H groups in total. The summed E-state index contributed by atoms with van der Waals surface area (Å²) in [5, 5.41) is 23.0. The molecule has 1 saturated heterocycles. The normalized spacial score (nSPS) is 17.4. The number of carbonyl (C=O) groups is 2. The summed E-state index contributed by atoms with van der Waals surface area (Å²) in [6, 6.07) is 10.9. The Bertz CT molecular complexity index is 1100. The minimum Gasteiger partial charge on any atom is -0.457 e. The number of amides is 1. The average Bonchev–Trinajstić information content (AvgIpc) is 3.16. The van der Waals surface area contributed by atoms with Gasteiger partial charge in [-0.25, -0.2) is 4.79 Å². The number of fused-ring (bicyclic) bond motifs is 1. The molecule has 2 aliphatic heterocycles. The summed E-state index contributed by atoms with van der Waals surface area (Å²) in [4.78, 5) is 26.5. The number of ether oxygens (including phenoxy) is 1. The Morgan fingerprint density at radius 1 is 1.28 bits per heavy atom. The van der Waals surface area contributed by atoms with Crippen LogP contribution in [0.4, 0.5) is 0 Å². The lowest BCUT2D eigenvalue weighted by molar-refractivity contribution is 0.0534. The number of benzene rings is 2. The van der Waals surface area contributed by atoms with E-state index in [2.05, 4.69) is 16.3 Å². The second kappa shape index (κ2) is 9.11. The summed E-state index contributed by atoms with van der Waals surface area (Å²) in [6.45, 7) is 6.08. The van der Waals surface area contributed by atoms with Crippen LogP contribution in [0.3, 0.4) is 0 Å². The Hall–Kier alpha value is -3.21. The first kappa shape index (κ1) is 22.0. The van der Waals surface area contributed by atoms with Crippen molar-refractivity contribution in [2.24, 2.45) is 0 Å². The minimum atomic E-state index is -0.649. The average molecular weight is 434 g/mol. The molecule has 0 aromatic heterocycles. The van der Waals surface area contributed by atoms with Gasteiger partial charge in [-0.05, 0) is 67.6 Å². The summed E-state index contributed by atoms with van der Waals surface area (Å²) < 4.78 is 5.10. The standard InChI is InChI=1S/C25H27N3O4/c1-15-11-17(3-4-18(15)12-26)24(30)27-19-7-9-28(10-8-19)13-23(29)20-5-6-21-22(16(20)2)14-32-25(21)31/h3-6,11,19,23,29H,7-10,13-14H2,1-2H3,(H,27,30)/t23-/m0/s1. The van der Waals surface area contributed by atoms with E-state index in [1.54, 1.807) is 24.3 Å². The molecule has 1 atom stereocenters. The highest BCUT2D eigenvalue weighted by molar-refractivity contribution is 5.95. The third-order valence-electron chi connectivity index (χ3n) is 6.53. The summed E-state index contributed by atoms with van der Waals surface area (Å²) in [7, 11) is 0. The molecule has 1 amide bonds. The van der Waals surface area contributed by atoms with Gasteiger partial charge in [0.1, 0.15) is 6.61 Å². The number of piperidine rings is 1. The van der Waals surface area contributed by atoms with E-state index in [1.165, 1.54) is 0 Å². The number of nitriles is 1. The number of hydrogen-bond acceptors (Lipinski definition) is 6. The van der Waals surface area contributed by atoms with Gasteiger partial charge in [-0.1, -0.05) is 6.07 Å². The number of cyclic esters (lactones) is 1. The smallest absolute Gasteiger partial charge is 0.338 e. The number of aliphatic hydroxyl groups is 1. The summed E-state index contributed by atoms with van der Waals surface area (Å²) >= 11 is 0. The largest absolute Gasteiger partial charge is 0.457 e. The molecule has 7 nitrogen and oxygen atoms in total. The molecule has 0 bridgehead atoms. The molecule has 2 heterocycles. The van der Waals surface area contributed by atoms with Crippen LogP contribution >= 0.6 is 0 Å². The van der Waals surface area contributed by atoms with Crippen molar-refractivity contribution >= 4 is 11.9 Å². The molecular formula is C25H27N3O4. The molecule has 32 heavy (non-hydrogen) atoms. The van der Waals surface area contributed by atoms with E-state index in [0.717, 1.165) is 48.2 Å². The van der Waals surface area contributed by atoms with Crippen LogP contribution in [0.25, 0.3) is 0 Å². The Morgan fingerprint density at radius 3 is 2.72 bits per heavy atom.